The molecule has 2 aliphatic rings. The van der Waals surface area contributed by atoms with E-state index in [1.54, 1.807) is 0 Å². The van der Waals surface area contributed by atoms with E-state index >= 15 is 0 Å². The van der Waals surface area contributed by atoms with E-state index in [4.69, 9.17) is 0 Å². The summed E-state index contributed by atoms with van der Waals surface area (Å²) in [5.74, 6) is 1.46. The van der Waals surface area contributed by atoms with Crippen molar-refractivity contribution in [3.05, 3.63) is 96.1 Å². The van der Waals surface area contributed by atoms with E-state index in [-0.39, 0.29) is 0 Å². The van der Waals surface area contributed by atoms with Gasteiger partial charge in [0.05, 0.1) is 22.8 Å². The van der Waals surface area contributed by atoms with E-state index in [1.807, 2.05) is 13.8 Å². The fourth-order valence-corrected chi connectivity index (χ4v) is 6.81. The van der Waals surface area contributed by atoms with Crippen molar-refractivity contribution in [2.45, 2.75) is 89.9 Å². The zero-order chi connectivity index (χ0) is 28.7. The Bertz CT molecular complexity index is 1430. The molecule has 2 N–H and O–H groups in total. The molecule has 2 aromatic heterocycles. The zero-order valence-corrected chi connectivity index (χ0v) is 25.2. The first-order valence-electron chi connectivity index (χ1n) is 16.2. The Morgan fingerprint density at radius 1 is 0.476 bits per heavy atom. The van der Waals surface area contributed by atoms with Gasteiger partial charge < -0.3 is 0 Å². The summed E-state index contributed by atoms with van der Waals surface area (Å²) in [7, 11) is 0. The molecule has 216 valence electrons. The van der Waals surface area contributed by atoms with Crippen molar-refractivity contribution in [2.24, 2.45) is 0 Å². The quantitative estimate of drug-likeness (QED) is 0.218. The molecule has 0 atom stereocenters. The maximum Gasteiger partial charge on any atom is 0.0927 e. The third kappa shape index (κ3) is 6.28. The van der Waals surface area contributed by atoms with E-state index in [0.29, 0.717) is 0 Å². The van der Waals surface area contributed by atoms with Crippen LogP contribution in [0.25, 0.3) is 45.0 Å². The van der Waals surface area contributed by atoms with E-state index < -0.39 is 0 Å². The molecule has 2 aliphatic carbocycles. The van der Waals surface area contributed by atoms with Crippen LogP contribution in [-0.4, -0.2) is 20.4 Å². The summed E-state index contributed by atoms with van der Waals surface area (Å²) >= 11 is 0. The minimum Gasteiger partial charge on any atom is -0.277 e. The lowest BCUT2D eigenvalue weighted by atomic mass is 9.84. The lowest BCUT2D eigenvalue weighted by molar-refractivity contribution is 0.443. The van der Waals surface area contributed by atoms with Crippen molar-refractivity contribution in [3.8, 4) is 45.0 Å². The number of aromatic nitrogens is 4. The van der Waals surface area contributed by atoms with Gasteiger partial charge in [-0.1, -0.05) is 119 Å². The average Bonchev–Trinajstić information content (AvgIpc) is 3.78. The molecule has 5 aromatic rings. The molecule has 2 saturated carbocycles. The summed E-state index contributed by atoms with van der Waals surface area (Å²) in [6.45, 7) is 4.00. The molecule has 42 heavy (non-hydrogen) atoms. The van der Waals surface area contributed by atoms with E-state index in [2.05, 4.69) is 105 Å². The number of hydrogen-bond acceptors (Lipinski definition) is 2. The standard InChI is InChI=1S/C36H38N4.C2H6/c1-3-8-25(9-4-1)27-14-18-29(19-15-27)33-23-35(39-37-33)31-12-7-13-32(22-31)36-24-34(38-40-36)30-20-16-28(17-21-30)26-10-5-2-6-11-26;1-2/h7,12-26H,1-6,8-11H2,(H,37,39)(H,38,40);1-2H3. The number of nitrogens with zero attached hydrogens (tertiary/aromatic N) is 2. The van der Waals surface area contributed by atoms with Gasteiger partial charge in [-0.15, -0.1) is 0 Å². The summed E-state index contributed by atoms with van der Waals surface area (Å²) < 4.78 is 0. The highest BCUT2D eigenvalue weighted by atomic mass is 15.1. The first kappa shape index (κ1) is 28.2. The van der Waals surface area contributed by atoms with Gasteiger partial charge in [-0.05, 0) is 78.0 Å². The molecule has 0 saturated heterocycles. The molecule has 2 heterocycles. The van der Waals surface area contributed by atoms with Crippen molar-refractivity contribution in [1.82, 2.24) is 20.4 Å². The van der Waals surface area contributed by atoms with Gasteiger partial charge in [0.2, 0.25) is 0 Å². The van der Waals surface area contributed by atoms with Crippen LogP contribution in [0.2, 0.25) is 0 Å². The fraction of sp³-hybridized carbons (Fsp3) is 0.368. The van der Waals surface area contributed by atoms with Crippen LogP contribution in [0.5, 0.6) is 0 Å². The minimum absolute atomic E-state index is 0.728. The van der Waals surface area contributed by atoms with Crippen molar-refractivity contribution < 1.29 is 0 Å². The van der Waals surface area contributed by atoms with Gasteiger partial charge in [0, 0.05) is 11.1 Å². The summed E-state index contributed by atoms with van der Waals surface area (Å²) in [5, 5.41) is 15.8. The van der Waals surface area contributed by atoms with E-state index in [0.717, 1.165) is 45.7 Å². The Morgan fingerprint density at radius 3 is 1.29 bits per heavy atom. The second kappa shape index (κ2) is 13.4. The Kier molecular flexibility index (Phi) is 8.98. The lowest BCUT2D eigenvalue weighted by Gasteiger charge is -2.22. The molecular weight excluding hydrogens is 512 g/mol. The Labute approximate surface area is 251 Å². The predicted molar refractivity (Wildman–Crippen MR) is 175 cm³/mol. The number of H-pyrrole nitrogens is 2. The van der Waals surface area contributed by atoms with Gasteiger partial charge in [-0.25, -0.2) is 0 Å². The fourth-order valence-electron chi connectivity index (χ4n) is 6.81. The molecule has 0 bridgehead atoms. The maximum absolute atomic E-state index is 4.66. The van der Waals surface area contributed by atoms with Gasteiger partial charge in [-0.3, -0.25) is 10.2 Å². The molecule has 4 heteroatoms. The van der Waals surface area contributed by atoms with Gasteiger partial charge in [-0.2, -0.15) is 10.2 Å². The first-order valence-corrected chi connectivity index (χ1v) is 16.2. The van der Waals surface area contributed by atoms with Crippen molar-refractivity contribution in [2.75, 3.05) is 0 Å². The topological polar surface area (TPSA) is 57.4 Å². The number of nitrogens with one attached hydrogen (secondary N) is 2. The molecule has 0 aliphatic heterocycles. The second-order valence-corrected chi connectivity index (χ2v) is 11.8. The van der Waals surface area contributed by atoms with Crippen molar-refractivity contribution in [3.63, 3.8) is 0 Å². The van der Waals surface area contributed by atoms with Crippen molar-refractivity contribution in [1.29, 1.82) is 0 Å². The Morgan fingerprint density at radius 2 is 0.881 bits per heavy atom. The van der Waals surface area contributed by atoms with Crippen LogP contribution in [0.4, 0.5) is 0 Å². The number of benzene rings is 3. The highest BCUT2D eigenvalue weighted by Gasteiger charge is 2.17. The molecule has 0 radical (unpaired) electrons. The second-order valence-electron chi connectivity index (χ2n) is 11.8. The predicted octanol–water partition coefficient (Wildman–Crippen LogP) is 10.9. The third-order valence-corrected chi connectivity index (χ3v) is 9.21. The molecular formula is C38H44N4. The molecule has 7 rings (SSSR count). The summed E-state index contributed by atoms with van der Waals surface area (Å²) in [6, 6.07) is 31.0. The first-order chi connectivity index (χ1) is 20.8. The number of aromatic amines is 2. The van der Waals surface area contributed by atoms with Crippen LogP contribution < -0.4 is 0 Å². The summed E-state index contributed by atoms with van der Waals surface area (Å²) in [5.41, 5.74) is 11.5. The lowest BCUT2D eigenvalue weighted by Crippen LogP contribution is -2.04. The summed E-state index contributed by atoms with van der Waals surface area (Å²) in [4.78, 5) is 0. The highest BCUT2D eigenvalue weighted by Crippen LogP contribution is 2.35. The van der Waals surface area contributed by atoms with Crippen LogP contribution in [0.15, 0.2) is 84.9 Å². The normalized spacial score (nSPS) is 16.1. The largest absolute Gasteiger partial charge is 0.277 e. The molecule has 4 nitrogen and oxygen atoms in total. The van der Waals surface area contributed by atoms with Crippen LogP contribution >= 0.6 is 0 Å². The maximum atomic E-state index is 4.66. The van der Waals surface area contributed by atoms with Crippen LogP contribution in [0, 0.1) is 0 Å². The van der Waals surface area contributed by atoms with E-state index in [9.17, 15) is 0 Å². The zero-order valence-electron chi connectivity index (χ0n) is 25.2. The van der Waals surface area contributed by atoms with Gasteiger partial charge in [0.25, 0.3) is 0 Å². The third-order valence-electron chi connectivity index (χ3n) is 9.21. The van der Waals surface area contributed by atoms with Crippen LogP contribution in [0.3, 0.4) is 0 Å². The van der Waals surface area contributed by atoms with E-state index in [1.165, 1.54) is 86.5 Å². The summed E-state index contributed by atoms with van der Waals surface area (Å²) in [6.07, 6.45) is 13.5. The Balaban J connectivity index is 0.00000155. The molecule has 0 unspecified atom stereocenters. The Hall–Kier alpha value is -3.92. The molecule has 0 amide bonds. The van der Waals surface area contributed by atoms with Gasteiger partial charge in [0.1, 0.15) is 0 Å². The number of rotatable bonds is 6. The smallest absolute Gasteiger partial charge is 0.0927 e. The monoisotopic (exact) mass is 556 g/mol. The van der Waals surface area contributed by atoms with Crippen LogP contribution in [0.1, 0.15) is 101 Å². The highest BCUT2D eigenvalue weighted by molar-refractivity contribution is 5.74. The number of hydrogen-bond donors (Lipinski definition) is 2. The van der Waals surface area contributed by atoms with Gasteiger partial charge >= 0.3 is 0 Å². The molecule has 2 fully saturated rings. The van der Waals surface area contributed by atoms with Crippen LogP contribution in [-0.2, 0) is 0 Å². The molecule has 0 spiro atoms. The average molecular weight is 557 g/mol. The minimum atomic E-state index is 0.728. The van der Waals surface area contributed by atoms with Gasteiger partial charge in [0.15, 0.2) is 0 Å². The van der Waals surface area contributed by atoms with Crippen molar-refractivity contribution >= 4 is 0 Å². The SMILES string of the molecule is CC.c1cc(-c2cc(-c3ccc(C4CCCCC4)cc3)[nH]n2)cc(-c2cc(-c3ccc(C4CCCCC4)cc3)[nH]n2)c1. The molecule has 3 aromatic carbocycles.